The minimum Gasteiger partial charge on any atom is -0.462 e. The van der Waals surface area contributed by atoms with Gasteiger partial charge in [0.15, 0.2) is 12.4 Å². The molecule has 2 unspecified atom stereocenters. The molecule has 1 aliphatic rings. The Kier molecular flexibility index (Phi) is 33.0. The molecule has 0 saturated carbocycles. The number of hydrogen-bond donors (Lipinski definition) is 4. The van der Waals surface area contributed by atoms with E-state index in [9.17, 15) is 37.9 Å². The third-order valence-electron chi connectivity index (χ3n) is 10.6. The number of carbonyl (C=O) groups is 2. The number of allylic oxidation sites excluding steroid dienone is 2. The zero-order chi connectivity index (χ0) is 42.0. The van der Waals surface area contributed by atoms with E-state index in [1.807, 2.05) is 0 Å². The van der Waals surface area contributed by atoms with Crippen molar-refractivity contribution < 1.29 is 56.8 Å². The summed E-state index contributed by atoms with van der Waals surface area (Å²) in [5, 5.41) is 30.9. The van der Waals surface area contributed by atoms with Crippen LogP contribution in [0.4, 0.5) is 0 Å². The SMILES string of the molecule is CCCCCC/C=C/CCCCCCCCCC(=O)OC[C@H](CO[C@H]1O[C@H](CS(=O)(=O)O)[C@@H](O)C(O)C1O)OC(=O)CCCCCCCCCCCCCCCC. The van der Waals surface area contributed by atoms with Crippen LogP contribution in [0.2, 0.25) is 0 Å². The van der Waals surface area contributed by atoms with Crippen molar-refractivity contribution in [3.05, 3.63) is 12.2 Å². The summed E-state index contributed by atoms with van der Waals surface area (Å²) in [5.41, 5.74) is 0. The maximum Gasteiger partial charge on any atom is 0.306 e. The van der Waals surface area contributed by atoms with Crippen molar-refractivity contribution in [2.75, 3.05) is 19.0 Å². The largest absolute Gasteiger partial charge is 0.462 e. The maximum atomic E-state index is 12.8. The topological polar surface area (TPSA) is 186 Å². The number of ether oxygens (including phenoxy) is 4. The lowest BCUT2D eigenvalue weighted by Crippen LogP contribution is -2.60. The Hall–Kier alpha value is -1.61. The van der Waals surface area contributed by atoms with Gasteiger partial charge in [-0.15, -0.1) is 0 Å². The molecule has 336 valence electrons. The average Bonchev–Trinajstić information content (AvgIpc) is 3.17. The number of aliphatic hydroxyl groups is 3. The number of unbranched alkanes of at least 4 members (excludes halogenated alkanes) is 24. The van der Waals surface area contributed by atoms with Crippen molar-refractivity contribution in [3.8, 4) is 0 Å². The molecule has 0 bridgehead atoms. The predicted molar refractivity (Wildman–Crippen MR) is 224 cm³/mol. The molecule has 57 heavy (non-hydrogen) atoms. The summed E-state index contributed by atoms with van der Waals surface area (Å²) >= 11 is 0. The number of esters is 2. The fourth-order valence-electron chi connectivity index (χ4n) is 7.02. The van der Waals surface area contributed by atoms with Gasteiger partial charge in [0.05, 0.1) is 6.61 Å². The highest BCUT2D eigenvalue weighted by Crippen LogP contribution is 2.24. The number of rotatable bonds is 38. The lowest BCUT2D eigenvalue weighted by atomic mass is 10.00. The second-order valence-electron chi connectivity index (χ2n) is 16.1. The molecule has 0 aromatic heterocycles. The summed E-state index contributed by atoms with van der Waals surface area (Å²) in [6.45, 7) is 3.75. The molecule has 4 N–H and O–H groups in total. The highest BCUT2D eigenvalue weighted by atomic mass is 32.2. The van der Waals surface area contributed by atoms with E-state index >= 15 is 0 Å². The van der Waals surface area contributed by atoms with Crippen molar-refractivity contribution in [2.24, 2.45) is 0 Å². The van der Waals surface area contributed by atoms with Crippen LogP contribution in [-0.2, 0) is 38.7 Å². The lowest BCUT2D eigenvalue weighted by molar-refractivity contribution is -0.297. The summed E-state index contributed by atoms with van der Waals surface area (Å²) in [6, 6.07) is 0. The lowest BCUT2D eigenvalue weighted by Gasteiger charge is -2.40. The minimum atomic E-state index is -4.60. The Morgan fingerprint density at radius 2 is 1.00 bits per heavy atom. The van der Waals surface area contributed by atoms with Crippen LogP contribution >= 0.6 is 0 Å². The van der Waals surface area contributed by atoms with Crippen molar-refractivity contribution in [1.29, 1.82) is 0 Å². The molecule has 1 fully saturated rings. The van der Waals surface area contributed by atoms with E-state index in [4.69, 9.17) is 18.9 Å². The standard InChI is InChI=1S/C44H82O12S/c1-3-5-7-9-11-13-15-17-19-21-22-24-26-28-30-32-39(45)53-34-37(35-54-44-43(49)42(48)41(47)38(56-44)36-57(50,51)52)55-40(46)33-31-29-27-25-23-20-18-16-14-12-10-8-6-4-2/h13,15,37-38,41-44,47-49H,3-12,14,16-36H2,1-2H3,(H,50,51,52)/b15-13+/t37-,38-,41-,42?,43?,44+/m1/s1. The summed E-state index contributed by atoms with van der Waals surface area (Å²) in [5.74, 6) is -1.98. The third kappa shape index (κ3) is 30.1. The Labute approximate surface area is 346 Å². The first kappa shape index (κ1) is 53.4. The molecule has 1 rings (SSSR count). The van der Waals surface area contributed by atoms with E-state index in [-0.39, 0.29) is 19.4 Å². The van der Waals surface area contributed by atoms with E-state index in [1.165, 1.54) is 116 Å². The minimum absolute atomic E-state index is 0.169. The zero-order valence-electron chi connectivity index (χ0n) is 35.7. The average molecular weight is 835 g/mol. The Bertz CT molecular complexity index is 1120. The van der Waals surface area contributed by atoms with Gasteiger partial charge in [-0.2, -0.15) is 8.42 Å². The van der Waals surface area contributed by atoms with Gasteiger partial charge in [0.25, 0.3) is 10.1 Å². The van der Waals surface area contributed by atoms with Crippen molar-refractivity contribution in [1.82, 2.24) is 0 Å². The Balaban J connectivity index is 2.44. The van der Waals surface area contributed by atoms with Gasteiger partial charge in [-0.05, 0) is 38.5 Å². The maximum absolute atomic E-state index is 12.8. The molecule has 0 aromatic rings. The van der Waals surface area contributed by atoms with Gasteiger partial charge in [0.1, 0.15) is 36.8 Å². The monoisotopic (exact) mass is 835 g/mol. The van der Waals surface area contributed by atoms with Crippen LogP contribution in [0.1, 0.15) is 200 Å². The molecule has 1 aliphatic heterocycles. The highest BCUT2D eigenvalue weighted by molar-refractivity contribution is 7.85. The quantitative estimate of drug-likeness (QED) is 0.0200. The Morgan fingerprint density at radius 3 is 1.47 bits per heavy atom. The van der Waals surface area contributed by atoms with Crippen LogP contribution in [0.5, 0.6) is 0 Å². The Morgan fingerprint density at radius 1 is 0.579 bits per heavy atom. The molecule has 13 heteroatoms. The fourth-order valence-corrected chi connectivity index (χ4v) is 7.72. The van der Waals surface area contributed by atoms with Gasteiger partial charge < -0.3 is 34.3 Å². The molecular formula is C44H82O12S. The van der Waals surface area contributed by atoms with Crippen molar-refractivity contribution >= 4 is 22.1 Å². The molecule has 6 atom stereocenters. The molecule has 1 heterocycles. The number of aliphatic hydroxyl groups excluding tert-OH is 3. The first-order chi connectivity index (χ1) is 27.5. The zero-order valence-corrected chi connectivity index (χ0v) is 36.5. The fraction of sp³-hybridized carbons (Fsp3) is 0.909. The van der Waals surface area contributed by atoms with E-state index in [0.717, 1.165) is 44.9 Å². The van der Waals surface area contributed by atoms with Crippen LogP contribution in [-0.4, -0.2) is 96.0 Å². The van der Waals surface area contributed by atoms with Crippen LogP contribution in [0.25, 0.3) is 0 Å². The van der Waals surface area contributed by atoms with Gasteiger partial charge in [-0.1, -0.05) is 161 Å². The normalized spacial score (nSPS) is 20.6. The molecule has 0 aliphatic carbocycles. The summed E-state index contributed by atoms with van der Waals surface area (Å²) in [4.78, 5) is 25.4. The second-order valence-corrected chi connectivity index (χ2v) is 17.6. The van der Waals surface area contributed by atoms with Gasteiger partial charge in [0, 0.05) is 12.8 Å². The van der Waals surface area contributed by atoms with Gasteiger partial charge in [-0.3, -0.25) is 14.1 Å². The summed E-state index contributed by atoms with van der Waals surface area (Å²) < 4.78 is 54.0. The van der Waals surface area contributed by atoms with Crippen LogP contribution < -0.4 is 0 Å². The first-order valence-corrected chi connectivity index (χ1v) is 24.4. The summed E-state index contributed by atoms with van der Waals surface area (Å²) in [6.07, 6.45) is 26.8. The predicted octanol–water partition coefficient (Wildman–Crippen LogP) is 9.06. The smallest absolute Gasteiger partial charge is 0.306 e. The number of carbonyl (C=O) groups excluding carboxylic acids is 2. The van der Waals surface area contributed by atoms with Crippen molar-refractivity contribution in [3.63, 3.8) is 0 Å². The van der Waals surface area contributed by atoms with Gasteiger partial charge >= 0.3 is 11.9 Å². The molecular weight excluding hydrogens is 753 g/mol. The molecule has 0 amide bonds. The number of hydrogen-bond acceptors (Lipinski definition) is 11. The highest BCUT2D eigenvalue weighted by Gasteiger charge is 2.46. The third-order valence-corrected chi connectivity index (χ3v) is 11.3. The van der Waals surface area contributed by atoms with Crippen LogP contribution in [0.15, 0.2) is 12.2 Å². The summed E-state index contributed by atoms with van der Waals surface area (Å²) in [7, 11) is -4.60. The molecule has 12 nitrogen and oxygen atoms in total. The van der Waals surface area contributed by atoms with Gasteiger partial charge in [0.2, 0.25) is 0 Å². The van der Waals surface area contributed by atoms with E-state index in [0.29, 0.717) is 12.8 Å². The first-order valence-electron chi connectivity index (χ1n) is 22.7. The van der Waals surface area contributed by atoms with Crippen LogP contribution in [0, 0.1) is 0 Å². The van der Waals surface area contributed by atoms with Crippen molar-refractivity contribution in [2.45, 2.75) is 237 Å². The van der Waals surface area contributed by atoms with Gasteiger partial charge in [-0.25, -0.2) is 0 Å². The molecule has 1 saturated heterocycles. The van der Waals surface area contributed by atoms with E-state index < -0.39 is 71.2 Å². The molecule has 0 spiro atoms. The second kappa shape index (κ2) is 35.2. The molecule has 0 radical (unpaired) electrons. The van der Waals surface area contributed by atoms with E-state index in [2.05, 4.69) is 26.0 Å². The van der Waals surface area contributed by atoms with E-state index in [1.54, 1.807) is 0 Å². The van der Waals surface area contributed by atoms with Crippen LogP contribution in [0.3, 0.4) is 0 Å². The molecule has 0 aromatic carbocycles.